The summed E-state index contributed by atoms with van der Waals surface area (Å²) in [6.45, 7) is 2.40. The molecule has 2 aromatic heterocycles. The van der Waals surface area contributed by atoms with E-state index in [9.17, 15) is 4.39 Å². The average Bonchev–Trinajstić information content (AvgIpc) is 3.04. The standard InChI is InChI=1S/C15H15FN4/c1-11-3-4-12(7-15(11)16)13-8-18-20(9-13)10-14-5-6-17-19(14)2/h3-9H,10H2,1-2H3. The van der Waals surface area contributed by atoms with Crippen LogP contribution in [0.15, 0.2) is 42.9 Å². The van der Waals surface area contributed by atoms with Gasteiger partial charge in [0.15, 0.2) is 0 Å². The molecule has 0 fully saturated rings. The number of rotatable bonds is 3. The minimum absolute atomic E-state index is 0.193. The van der Waals surface area contributed by atoms with Crippen molar-refractivity contribution in [3.05, 3.63) is 59.9 Å². The monoisotopic (exact) mass is 270 g/mol. The summed E-state index contributed by atoms with van der Waals surface area (Å²) < 4.78 is 17.2. The molecule has 0 spiro atoms. The number of aromatic nitrogens is 4. The lowest BCUT2D eigenvalue weighted by atomic mass is 10.1. The summed E-state index contributed by atoms with van der Waals surface area (Å²) in [6, 6.07) is 7.18. The molecule has 20 heavy (non-hydrogen) atoms. The molecule has 102 valence electrons. The van der Waals surface area contributed by atoms with Crippen LogP contribution >= 0.6 is 0 Å². The van der Waals surface area contributed by atoms with E-state index in [0.717, 1.165) is 16.8 Å². The van der Waals surface area contributed by atoms with E-state index in [1.165, 1.54) is 0 Å². The minimum atomic E-state index is -0.193. The molecule has 1 aromatic carbocycles. The van der Waals surface area contributed by atoms with Gasteiger partial charge in [-0.1, -0.05) is 12.1 Å². The van der Waals surface area contributed by atoms with Gasteiger partial charge in [-0.15, -0.1) is 0 Å². The van der Waals surface area contributed by atoms with E-state index in [2.05, 4.69) is 10.2 Å². The van der Waals surface area contributed by atoms with E-state index >= 15 is 0 Å². The first-order chi connectivity index (χ1) is 9.63. The van der Waals surface area contributed by atoms with Crippen LogP contribution < -0.4 is 0 Å². The van der Waals surface area contributed by atoms with Crippen molar-refractivity contribution in [2.24, 2.45) is 7.05 Å². The minimum Gasteiger partial charge on any atom is -0.271 e. The molecule has 0 atom stereocenters. The van der Waals surface area contributed by atoms with Gasteiger partial charge in [0.1, 0.15) is 5.82 Å². The van der Waals surface area contributed by atoms with Crippen molar-refractivity contribution in [3.63, 3.8) is 0 Å². The summed E-state index contributed by atoms with van der Waals surface area (Å²) in [5.74, 6) is -0.193. The summed E-state index contributed by atoms with van der Waals surface area (Å²) in [4.78, 5) is 0. The second-order valence-electron chi connectivity index (χ2n) is 4.84. The molecule has 0 aliphatic carbocycles. The third kappa shape index (κ3) is 2.34. The number of halogens is 1. The number of nitrogens with zero attached hydrogens (tertiary/aromatic N) is 4. The van der Waals surface area contributed by atoms with Gasteiger partial charge in [0.25, 0.3) is 0 Å². The maximum Gasteiger partial charge on any atom is 0.126 e. The Morgan fingerprint density at radius 3 is 2.70 bits per heavy atom. The molecule has 0 N–H and O–H groups in total. The van der Waals surface area contributed by atoms with Crippen LogP contribution in [0.4, 0.5) is 4.39 Å². The molecular formula is C15H15FN4. The van der Waals surface area contributed by atoms with Crippen LogP contribution in [0.2, 0.25) is 0 Å². The highest BCUT2D eigenvalue weighted by atomic mass is 19.1. The van der Waals surface area contributed by atoms with Crippen LogP contribution in [0.3, 0.4) is 0 Å². The zero-order valence-electron chi connectivity index (χ0n) is 11.4. The Labute approximate surface area is 116 Å². The maximum absolute atomic E-state index is 13.6. The van der Waals surface area contributed by atoms with Crippen LogP contribution in [0, 0.1) is 12.7 Å². The van der Waals surface area contributed by atoms with Crippen molar-refractivity contribution in [2.45, 2.75) is 13.5 Å². The Morgan fingerprint density at radius 2 is 2.00 bits per heavy atom. The molecule has 3 aromatic rings. The first kappa shape index (κ1) is 12.6. The van der Waals surface area contributed by atoms with E-state index in [-0.39, 0.29) is 5.82 Å². The summed E-state index contributed by atoms with van der Waals surface area (Å²) in [6.07, 6.45) is 5.42. The van der Waals surface area contributed by atoms with Gasteiger partial charge in [-0.05, 0) is 30.2 Å². The van der Waals surface area contributed by atoms with Gasteiger partial charge in [-0.2, -0.15) is 10.2 Å². The maximum atomic E-state index is 13.6. The third-order valence-electron chi connectivity index (χ3n) is 3.38. The lowest BCUT2D eigenvalue weighted by Crippen LogP contribution is -2.05. The van der Waals surface area contributed by atoms with E-state index in [0.29, 0.717) is 12.1 Å². The fraction of sp³-hybridized carbons (Fsp3) is 0.200. The predicted molar refractivity (Wildman–Crippen MR) is 74.7 cm³/mol. The largest absolute Gasteiger partial charge is 0.271 e. The summed E-state index contributed by atoms with van der Waals surface area (Å²) in [5.41, 5.74) is 3.46. The highest BCUT2D eigenvalue weighted by molar-refractivity contribution is 5.62. The predicted octanol–water partition coefficient (Wildman–Crippen LogP) is 2.78. The molecule has 0 amide bonds. The van der Waals surface area contributed by atoms with Gasteiger partial charge < -0.3 is 0 Å². The fourth-order valence-corrected chi connectivity index (χ4v) is 2.09. The Balaban J connectivity index is 1.86. The molecular weight excluding hydrogens is 255 g/mol. The smallest absolute Gasteiger partial charge is 0.126 e. The van der Waals surface area contributed by atoms with Crippen molar-refractivity contribution in [2.75, 3.05) is 0 Å². The number of hydrogen-bond donors (Lipinski definition) is 0. The Kier molecular flexibility index (Phi) is 3.10. The topological polar surface area (TPSA) is 35.6 Å². The molecule has 0 unspecified atom stereocenters. The Bertz CT molecular complexity index is 742. The first-order valence-electron chi connectivity index (χ1n) is 6.39. The molecule has 0 saturated heterocycles. The van der Waals surface area contributed by atoms with Gasteiger partial charge in [-0.3, -0.25) is 9.36 Å². The van der Waals surface area contributed by atoms with Gasteiger partial charge in [-0.25, -0.2) is 4.39 Å². The zero-order valence-corrected chi connectivity index (χ0v) is 11.4. The van der Waals surface area contributed by atoms with Gasteiger partial charge in [0.05, 0.1) is 18.4 Å². The summed E-state index contributed by atoms with van der Waals surface area (Å²) in [5, 5.41) is 8.44. The molecule has 2 heterocycles. The number of hydrogen-bond acceptors (Lipinski definition) is 2. The highest BCUT2D eigenvalue weighted by Gasteiger charge is 2.06. The van der Waals surface area contributed by atoms with E-state index in [1.54, 1.807) is 31.5 Å². The average molecular weight is 270 g/mol. The molecule has 0 aliphatic rings. The molecule has 0 saturated carbocycles. The Morgan fingerprint density at radius 1 is 1.15 bits per heavy atom. The lowest BCUT2D eigenvalue weighted by Gasteiger charge is -2.02. The van der Waals surface area contributed by atoms with Crippen molar-refractivity contribution in [3.8, 4) is 11.1 Å². The second kappa shape index (κ2) is 4.92. The molecule has 0 aliphatic heterocycles. The van der Waals surface area contributed by atoms with Crippen LogP contribution in [0.25, 0.3) is 11.1 Å². The van der Waals surface area contributed by atoms with Crippen molar-refractivity contribution >= 4 is 0 Å². The van der Waals surface area contributed by atoms with Crippen molar-refractivity contribution in [1.29, 1.82) is 0 Å². The quantitative estimate of drug-likeness (QED) is 0.733. The molecule has 3 rings (SSSR count). The van der Waals surface area contributed by atoms with E-state index in [1.807, 2.05) is 34.7 Å². The van der Waals surface area contributed by atoms with Crippen molar-refractivity contribution in [1.82, 2.24) is 19.6 Å². The molecule has 0 radical (unpaired) electrons. The van der Waals surface area contributed by atoms with E-state index in [4.69, 9.17) is 0 Å². The summed E-state index contributed by atoms with van der Waals surface area (Å²) in [7, 11) is 1.90. The molecule has 0 bridgehead atoms. The lowest BCUT2D eigenvalue weighted by molar-refractivity contribution is 0.618. The second-order valence-corrected chi connectivity index (χ2v) is 4.84. The van der Waals surface area contributed by atoms with Crippen LogP contribution in [-0.2, 0) is 13.6 Å². The van der Waals surface area contributed by atoms with E-state index < -0.39 is 0 Å². The Hall–Kier alpha value is -2.43. The zero-order chi connectivity index (χ0) is 14.1. The summed E-state index contributed by atoms with van der Waals surface area (Å²) >= 11 is 0. The van der Waals surface area contributed by atoms with Crippen LogP contribution in [0.5, 0.6) is 0 Å². The number of aryl methyl sites for hydroxylation is 2. The van der Waals surface area contributed by atoms with Gasteiger partial charge in [0.2, 0.25) is 0 Å². The van der Waals surface area contributed by atoms with Crippen molar-refractivity contribution < 1.29 is 4.39 Å². The van der Waals surface area contributed by atoms with Gasteiger partial charge in [0, 0.05) is 25.0 Å². The third-order valence-corrected chi connectivity index (χ3v) is 3.38. The van der Waals surface area contributed by atoms with Crippen LogP contribution in [-0.4, -0.2) is 19.6 Å². The highest BCUT2D eigenvalue weighted by Crippen LogP contribution is 2.21. The molecule has 4 nitrogen and oxygen atoms in total. The fourth-order valence-electron chi connectivity index (χ4n) is 2.09. The first-order valence-corrected chi connectivity index (χ1v) is 6.39. The normalized spacial score (nSPS) is 10.9. The number of benzene rings is 1. The SMILES string of the molecule is Cc1ccc(-c2cnn(Cc3ccnn3C)c2)cc1F. The van der Waals surface area contributed by atoms with Gasteiger partial charge >= 0.3 is 0 Å². The van der Waals surface area contributed by atoms with Crippen LogP contribution in [0.1, 0.15) is 11.3 Å². The molecule has 5 heteroatoms.